The molecule has 2 rings (SSSR count). The minimum atomic E-state index is 0.543. The number of nitrogens with zero attached hydrogens (tertiary/aromatic N) is 1. The van der Waals surface area contributed by atoms with Crippen LogP contribution in [0.3, 0.4) is 0 Å². The van der Waals surface area contributed by atoms with Gasteiger partial charge in [-0.05, 0) is 24.3 Å². The first-order valence-corrected chi connectivity index (χ1v) is 6.39. The molecular weight excluding hydrogens is 240 g/mol. The summed E-state index contributed by atoms with van der Waals surface area (Å²) in [6.45, 7) is 4.31. The zero-order valence-corrected chi connectivity index (χ0v) is 10.8. The number of H-pyrrole nitrogens is 1. The lowest BCUT2D eigenvalue weighted by atomic mass is 10.2. The van der Waals surface area contributed by atoms with Gasteiger partial charge in [0.25, 0.3) is 0 Å². The smallest absolute Gasteiger partial charge is 0.138 e. The summed E-state index contributed by atoms with van der Waals surface area (Å²) >= 11 is 7.59. The van der Waals surface area contributed by atoms with E-state index in [0.717, 1.165) is 21.4 Å². The largest absolute Gasteiger partial charge is 0.343 e. The van der Waals surface area contributed by atoms with E-state index in [2.05, 4.69) is 23.8 Å². The number of aromatic amines is 1. The maximum absolute atomic E-state index is 5.84. The highest BCUT2D eigenvalue weighted by Crippen LogP contribution is 2.24. The first-order chi connectivity index (χ1) is 7.65. The van der Waals surface area contributed by atoms with E-state index in [1.165, 1.54) is 0 Å². The summed E-state index contributed by atoms with van der Waals surface area (Å²) in [6.07, 6.45) is 1.94. The molecule has 1 heterocycles. The molecule has 0 saturated heterocycles. The van der Waals surface area contributed by atoms with Crippen LogP contribution in [-0.4, -0.2) is 15.2 Å². The van der Waals surface area contributed by atoms with Gasteiger partial charge in [0.05, 0.1) is 0 Å². The maximum atomic E-state index is 5.84. The van der Waals surface area contributed by atoms with Gasteiger partial charge in [0.2, 0.25) is 0 Å². The fourth-order valence-electron chi connectivity index (χ4n) is 1.36. The number of hydrogen-bond donors (Lipinski definition) is 1. The van der Waals surface area contributed by atoms with Crippen molar-refractivity contribution in [1.82, 2.24) is 9.97 Å². The van der Waals surface area contributed by atoms with Crippen LogP contribution in [0.4, 0.5) is 0 Å². The second-order valence-electron chi connectivity index (χ2n) is 3.76. The van der Waals surface area contributed by atoms with Gasteiger partial charge in [0, 0.05) is 22.0 Å². The van der Waals surface area contributed by atoms with Crippen LogP contribution in [0.5, 0.6) is 0 Å². The van der Waals surface area contributed by atoms with Gasteiger partial charge < -0.3 is 4.98 Å². The second kappa shape index (κ2) is 4.93. The van der Waals surface area contributed by atoms with Crippen LogP contribution < -0.4 is 0 Å². The van der Waals surface area contributed by atoms with Gasteiger partial charge in [-0.25, -0.2) is 4.98 Å². The summed E-state index contributed by atoms with van der Waals surface area (Å²) < 4.78 is 0. The van der Waals surface area contributed by atoms with E-state index in [9.17, 15) is 0 Å². The Morgan fingerprint density at radius 1 is 1.25 bits per heavy atom. The van der Waals surface area contributed by atoms with Crippen molar-refractivity contribution in [2.75, 3.05) is 0 Å². The van der Waals surface area contributed by atoms with E-state index in [1.54, 1.807) is 11.8 Å². The minimum Gasteiger partial charge on any atom is -0.343 e. The van der Waals surface area contributed by atoms with Crippen molar-refractivity contribution in [2.24, 2.45) is 0 Å². The molecule has 0 aliphatic rings. The number of hydrogen-bond acceptors (Lipinski definition) is 2. The molecule has 0 radical (unpaired) electrons. The van der Waals surface area contributed by atoms with Crippen molar-refractivity contribution in [3.63, 3.8) is 0 Å². The molecule has 0 saturated carbocycles. The molecule has 4 heteroatoms. The van der Waals surface area contributed by atoms with Crippen molar-refractivity contribution in [1.29, 1.82) is 0 Å². The molecule has 0 fully saturated rings. The van der Waals surface area contributed by atoms with Crippen LogP contribution >= 0.6 is 23.4 Å². The van der Waals surface area contributed by atoms with Crippen molar-refractivity contribution in [3.05, 3.63) is 35.5 Å². The summed E-state index contributed by atoms with van der Waals surface area (Å²) in [5, 5.41) is 2.31. The summed E-state index contributed by atoms with van der Waals surface area (Å²) in [5.74, 6) is 0.889. The topological polar surface area (TPSA) is 28.7 Å². The Hall–Kier alpha value is -0.930. The van der Waals surface area contributed by atoms with Crippen LogP contribution in [0, 0.1) is 0 Å². The molecule has 1 N–H and O–H groups in total. The SMILES string of the molecule is CC(C)Sc1c[nH]c(-c2ccc(Cl)cc2)n1. The van der Waals surface area contributed by atoms with Crippen molar-refractivity contribution in [2.45, 2.75) is 24.1 Å². The van der Waals surface area contributed by atoms with Crippen molar-refractivity contribution in [3.8, 4) is 11.4 Å². The average molecular weight is 253 g/mol. The first kappa shape index (κ1) is 11.6. The lowest BCUT2D eigenvalue weighted by Crippen LogP contribution is -1.85. The predicted octanol–water partition coefficient (Wildman–Crippen LogP) is 4.23. The summed E-state index contributed by atoms with van der Waals surface area (Å²) in [5.41, 5.74) is 1.06. The molecule has 0 atom stereocenters. The van der Waals surface area contributed by atoms with Gasteiger partial charge in [-0.3, -0.25) is 0 Å². The highest BCUT2D eigenvalue weighted by atomic mass is 35.5. The van der Waals surface area contributed by atoms with Crippen molar-refractivity contribution < 1.29 is 0 Å². The van der Waals surface area contributed by atoms with E-state index in [-0.39, 0.29) is 0 Å². The van der Waals surface area contributed by atoms with Crippen LogP contribution in [0.1, 0.15) is 13.8 Å². The third-order valence-electron chi connectivity index (χ3n) is 2.03. The summed E-state index contributed by atoms with van der Waals surface area (Å²) in [4.78, 5) is 7.69. The number of thioether (sulfide) groups is 1. The van der Waals surface area contributed by atoms with E-state index < -0.39 is 0 Å². The van der Waals surface area contributed by atoms with E-state index in [0.29, 0.717) is 5.25 Å². The summed E-state index contributed by atoms with van der Waals surface area (Å²) in [6, 6.07) is 7.67. The Bertz CT molecular complexity index is 462. The molecule has 0 unspecified atom stereocenters. The Labute approximate surface area is 104 Å². The molecule has 1 aromatic carbocycles. The fourth-order valence-corrected chi connectivity index (χ4v) is 2.24. The maximum Gasteiger partial charge on any atom is 0.138 e. The van der Waals surface area contributed by atoms with Crippen LogP contribution in [0.15, 0.2) is 35.5 Å². The molecule has 0 aliphatic carbocycles. The number of halogens is 1. The summed E-state index contributed by atoms with van der Waals surface area (Å²) in [7, 11) is 0. The third-order valence-corrected chi connectivity index (χ3v) is 3.20. The molecule has 0 aliphatic heterocycles. The lowest BCUT2D eigenvalue weighted by Gasteiger charge is -1.99. The van der Waals surface area contributed by atoms with Crippen LogP contribution in [0.2, 0.25) is 5.02 Å². The molecule has 1 aromatic heterocycles. The normalized spacial score (nSPS) is 11.0. The van der Waals surface area contributed by atoms with E-state index >= 15 is 0 Å². The van der Waals surface area contributed by atoms with Crippen LogP contribution in [-0.2, 0) is 0 Å². The zero-order chi connectivity index (χ0) is 11.5. The molecule has 2 nitrogen and oxygen atoms in total. The average Bonchev–Trinajstić information content (AvgIpc) is 2.66. The number of rotatable bonds is 3. The molecular formula is C12H13ClN2S. The molecule has 0 amide bonds. The Balaban J connectivity index is 2.21. The number of nitrogens with one attached hydrogen (secondary N) is 1. The highest BCUT2D eigenvalue weighted by molar-refractivity contribution is 7.99. The minimum absolute atomic E-state index is 0.543. The van der Waals surface area contributed by atoms with E-state index in [1.807, 2.05) is 30.5 Å². The standard InChI is InChI=1S/C12H13ClN2S/c1-8(2)16-11-7-14-12(15-11)9-3-5-10(13)6-4-9/h3-8H,1-2H3,(H,14,15). The van der Waals surface area contributed by atoms with Crippen molar-refractivity contribution >= 4 is 23.4 Å². The van der Waals surface area contributed by atoms with Crippen LogP contribution in [0.25, 0.3) is 11.4 Å². The predicted molar refractivity (Wildman–Crippen MR) is 70.0 cm³/mol. The number of aromatic nitrogens is 2. The van der Waals surface area contributed by atoms with Gasteiger partial charge in [-0.2, -0.15) is 0 Å². The quantitative estimate of drug-likeness (QED) is 0.828. The molecule has 16 heavy (non-hydrogen) atoms. The molecule has 0 spiro atoms. The lowest BCUT2D eigenvalue weighted by molar-refractivity contribution is 1.09. The molecule has 0 bridgehead atoms. The first-order valence-electron chi connectivity index (χ1n) is 5.13. The Morgan fingerprint density at radius 3 is 2.56 bits per heavy atom. The fraction of sp³-hybridized carbons (Fsp3) is 0.250. The van der Waals surface area contributed by atoms with E-state index in [4.69, 9.17) is 11.6 Å². The zero-order valence-electron chi connectivity index (χ0n) is 9.20. The second-order valence-corrected chi connectivity index (χ2v) is 5.79. The van der Waals surface area contributed by atoms with Gasteiger partial charge in [0.15, 0.2) is 0 Å². The molecule has 2 aromatic rings. The molecule has 84 valence electrons. The monoisotopic (exact) mass is 252 g/mol. The number of benzene rings is 1. The van der Waals surface area contributed by atoms with Gasteiger partial charge in [-0.15, -0.1) is 11.8 Å². The van der Waals surface area contributed by atoms with Gasteiger partial charge in [0.1, 0.15) is 10.9 Å². The Kier molecular flexibility index (Phi) is 3.56. The van der Waals surface area contributed by atoms with Gasteiger partial charge in [-0.1, -0.05) is 25.4 Å². The Morgan fingerprint density at radius 2 is 1.94 bits per heavy atom. The number of imidazole rings is 1. The highest BCUT2D eigenvalue weighted by Gasteiger charge is 2.05. The van der Waals surface area contributed by atoms with Gasteiger partial charge >= 0.3 is 0 Å². The third kappa shape index (κ3) is 2.80.